The molecule has 1 amide bonds. The van der Waals surface area contributed by atoms with Gasteiger partial charge in [0.25, 0.3) is 11.7 Å². The summed E-state index contributed by atoms with van der Waals surface area (Å²) in [5, 5.41) is 13.1. The third kappa shape index (κ3) is 4.34. The van der Waals surface area contributed by atoms with E-state index in [2.05, 4.69) is 5.32 Å². The second-order valence-electron chi connectivity index (χ2n) is 7.89. The van der Waals surface area contributed by atoms with Gasteiger partial charge >= 0.3 is 12.3 Å². The molecular formula is C21H19F3N2O4S. The summed E-state index contributed by atoms with van der Waals surface area (Å²) in [6.07, 6.45) is -6.17. The van der Waals surface area contributed by atoms with E-state index in [1.807, 2.05) is 20.8 Å². The van der Waals surface area contributed by atoms with Gasteiger partial charge in [-0.25, -0.2) is 9.36 Å². The van der Waals surface area contributed by atoms with Crippen LogP contribution in [0.25, 0.3) is 10.9 Å². The predicted molar refractivity (Wildman–Crippen MR) is 110 cm³/mol. The van der Waals surface area contributed by atoms with Crippen LogP contribution in [0.2, 0.25) is 0 Å². The lowest BCUT2D eigenvalue weighted by Gasteiger charge is -2.22. The highest BCUT2D eigenvalue weighted by Gasteiger charge is 2.40. The highest BCUT2D eigenvalue weighted by molar-refractivity contribution is 7.16. The Morgan fingerprint density at radius 1 is 1.03 bits per heavy atom. The molecule has 0 fully saturated rings. The normalized spacial score (nSPS) is 12.2. The fourth-order valence-electron chi connectivity index (χ4n) is 3.45. The number of para-hydroxylation sites is 1. The van der Waals surface area contributed by atoms with Crippen LogP contribution in [0.4, 0.5) is 18.0 Å². The Bertz CT molecular complexity index is 1190. The van der Waals surface area contributed by atoms with E-state index in [0.29, 0.717) is 33.5 Å². The quantitative estimate of drug-likeness (QED) is 0.533. The Labute approximate surface area is 179 Å². The van der Waals surface area contributed by atoms with E-state index in [-0.39, 0.29) is 11.4 Å². The van der Waals surface area contributed by atoms with Gasteiger partial charge in [-0.05, 0) is 18.2 Å². The number of hydrogen-bond donors (Lipinski definition) is 2. The van der Waals surface area contributed by atoms with Crippen LogP contribution >= 0.6 is 11.3 Å². The SMILES string of the molecule is CC(C)(C)c1c(CNC(=O)c2ccc(C(=O)C(F)(F)F)s2)c2ccccc2n1C(=O)O. The van der Waals surface area contributed by atoms with Crippen molar-refractivity contribution >= 4 is 40.0 Å². The molecule has 1 aromatic carbocycles. The van der Waals surface area contributed by atoms with Crippen LogP contribution < -0.4 is 5.32 Å². The van der Waals surface area contributed by atoms with Crippen LogP contribution in [0, 0.1) is 0 Å². The first kappa shape index (κ1) is 22.5. The summed E-state index contributed by atoms with van der Waals surface area (Å²) in [5.41, 5.74) is 0.994. The molecule has 0 radical (unpaired) electrons. The molecule has 31 heavy (non-hydrogen) atoms. The fraction of sp³-hybridized carbons (Fsp3) is 0.286. The zero-order chi connectivity index (χ0) is 23.1. The van der Waals surface area contributed by atoms with E-state index in [9.17, 15) is 32.7 Å². The van der Waals surface area contributed by atoms with E-state index in [1.54, 1.807) is 24.3 Å². The highest BCUT2D eigenvalue weighted by atomic mass is 32.1. The Kier molecular flexibility index (Phi) is 5.70. The summed E-state index contributed by atoms with van der Waals surface area (Å²) in [6.45, 7) is 5.51. The third-order valence-corrected chi connectivity index (χ3v) is 5.70. The van der Waals surface area contributed by atoms with Gasteiger partial charge in [0.2, 0.25) is 0 Å². The largest absolute Gasteiger partial charge is 0.464 e. The molecule has 2 aromatic heterocycles. The number of halogens is 3. The van der Waals surface area contributed by atoms with Gasteiger partial charge in [0, 0.05) is 28.6 Å². The Hall–Kier alpha value is -3.14. The van der Waals surface area contributed by atoms with Gasteiger partial charge in [0.05, 0.1) is 15.3 Å². The van der Waals surface area contributed by atoms with Crippen LogP contribution in [0.1, 0.15) is 51.4 Å². The molecule has 3 rings (SSSR count). The van der Waals surface area contributed by atoms with E-state index < -0.39 is 34.3 Å². The number of carbonyl (C=O) groups excluding carboxylic acids is 2. The molecule has 0 spiro atoms. The second kappa shape index (κ2) is 7.84. The zero-order valence-corrected chi connectivity index (χ0v) is 17.6. The number of carbonyl (C=O) groups is 3. The first-order chi connectivity index (χ1) is 14.3. The predicted octanol–water partition coefficient (Wildman–Crippen LogP) is 5.20. The van der Waals surface area contributed by atoms with Crippen LogP contribution in [-0.2, 0) is 12.0 Å². The molecule has 0 unspecified atom stereocenters. The van der Waals surface area contributed by atoms with E-state index in [4.69, 9.17) is 0 Å². The van der Waals surface area contributed by atoms with Gasteiger partial charge in [-0.3, -0.25) is 9.59 Å². The van der Waals surface area contributed by atoms with E-state index in [1.165, 1.54) is 4.57 Å². The number of thiophene rings is 1. The first-order valence-corrected chi connectivity index (χ1v) is 9.99. The third-order valence-electron chi connectivity index (χ3n) is 4.62. The van der Waals surface area contributed by atoms with Crippen molar-refractivity contribution in [1.82, 2.24) is 9.88 Å². The smallest absolute Gasteiger partial charge is 0.455 e. The fourth-order valence-corrected chi connectivity index (χ4v) is 4.33. The molecule has 0 aliphatic heterocycles. The zero-order valence-electron chi connectivity index (χ0n) is 16.8. The van der Waals surface area contributed by atoms with Gasteiger partial charge in [0.1, 0.15) is 0 Å². The Balaban J connectivity index is 1.95. The van der Waals surface area contributed by atoms with Crippen molar-refractivity contribution in [3.8, 4) is 0 Å². The molecule has 0 saturated carbocycles. The minimum absolute atomic E-state index is 0.0350. The minimum Gasteiger partial charge on any atom is -0.464 e. The van der Waals surface area contributed by atoms with Crippen LogP contribution in [0.5, 0.6) is 0 Å². The summed E-state index contributed by atoms with van der Waals surface area (Å²) in [7, 11) is 0. The monoisotopic (exact) mass is 452 g/mol. The van der Waals surface area contributed by atoms with Crippen molar-refractivity contribution < 1.29 is 32.7 Å². The van der Waals surface area contributed by atoms with Crippen LogP contribution in [0.15, 0.2) is 36.4 Å². The van der Waals surface area contributed by atoms with Gasteiger partial charge in [0.15, 0.2) is 0 Å². The maximum atomic E-state index is 12.6. The van der Waals surface area contributed by atoms with Crippen molar-refractivity contribution in [2.24, 2.45) is 0 Å². The number of aromatic nitrogens is 1. The lowest BCUT2D eigenvalue weighted by molar-refractivity contribution is -0.0882. The summed E-state index contributed by atoms with van der Waals surface area (Å²) in [4.78, 5) is 35.2. The summed E-state index contributed by atoms with van der Waals surface area (Å²) in [5.74, 6) is -2.66. The average molecular weight is 452 g/mol. The van der Waals surface area contributed by atoms with Crippen molar-refractivity contribution in [3.05, 3.63) is 57.4 Å². The van der Waals surface area contributed by atoms with Gasteiger partial charge in [-0.2, -0.15) is 13.2 Å². The van der Waals surface area contributed by atoms with E-state index in [0.717, 1.165) is 12.1 Å². The summed E-state index contributed by atoms with van der Waals surface area (Å²) < 4.78 is 39.0. The molecule has 10 heteroatoms. The number of fused-ring (bicyclic) bond motifs is 1. The topological polar surface area (TPSA) is 88.4 Å². The number of rotatable bonds is 4. The summed E-state index contributed by atoms with van der Waals surface area (Å²) in [6, 6.07) is 8.99. The molecule has 0 aliphatic rings. The molecule has 2 N–H and O–H groups in total. The van der Waals surface area contributed by atoms with Crippen LogP contribution in [0.3, 0.4) is 0 Å². The lowest BCUT2D eigenvalue weighted by Crippen LogP contribution is -2.27. The first-order valence-electron chi connectivity index (χ1n) is 9.18. The molecule has 0 saturated heterocycles. The van der Waals surface area contributed by atoms with Crippen molar-refractivity contribution in [1.29, 1.82) is 0 Å². The Morgan fingerprint density at radius 2 is 1.65 bits per heavy atom. The number of benzene rings is 1. The molecule has 6 nitrogen and oxygen atoms in total. The number of hydrogen-bond acceptors (Lipinski definition) is 4. The van der Waals surface area contributed by atoms with Gasteiger partial charge < -0.3 is 10.4 Å². The molecule has 164 valence electrons. The number of carboxylic acid groups (broad SMARTS) is 1. The Morgan fingerprint density at radius 3 is 2.23 bits per heavy atom. The van der Waals surface area contributed by atoms with Crippen molar-refractivity contribution in [2.45, 2.75) is 38.9 Å². The molecular weight excluding hydrogens is 433 g/mol. The standard InChI is InChI=1S/C21H19F3N2O4S/c1-20(2,3)16-12(11-6-4-5-7-13(11)26(16)19(29)30)10-25-18(28)15-9-8-14(31-15)17(27)21(22,23)24/h4-9H,10H2,1-3H3,(H,25,28)(H,29,30). The second-order valence-corrected chi connectivity index (χ2v) is 8.97. The minimum atomic E-state index is -5.02. The molecule has 3 aromatic rings. The number of nitrogens with one attached hydrogen (secondary N) is 1. The summed E-state index contributed by atoms with van der Waals surface area (Å²) >= 11 is 0.454. The molecule has 0 bridgehead atoms. The van der Waals surface area contributed by atoms with Gasteiger partial charge in [-0.1, -0.05) is 39.0 Å². The molecule has 0 atom stereocenters. The number of ketones is 1. The van der Waals surface area contributed by atoms with Gasteiger partial charge in [-0.15, -0.1) is 11.3 Å². The number of amides is 1. The molecule has 0 aliphatic carbocycles. The number of nitrogens with zero attached hydrogens (tertiary/aromatic N) is 1. The maximum Gasteiger partial charge on any atom is 0.455 e. The molecule has 2 heterocycles. The van der Waals surface area contributed by atoms with Crippen molar-refractivity contribution in [2.75, 3.05) is 0 Å². The lowest BCUT2D eigenvalue weighted by atomic mass is 9.88. The average Bonchev–Trinajstić information content (AvgIpc) is 3.27. The number of Topliss-reactive ketones (excluding diaryl/α,β-unsaturated/α-hetero) is 1. The van der Waals surface area contributed by atoms with E-state index >= 15 is 0 Å². The van der Waals surface area contributed by atoms with Crippen molar-refractivity contribution in [3.63, 3.8) is 0 Å². The number of alkyl halides is 3. The maximum absolute atomic E-state index is 12.6. The van der Waals surface area contributed by atoms with Crippen LogP contribution in [-0.4, -0.2) is 33.6 Å². The highest BCUT2D eigenvalue weighted by Crippen LogP contribution is 2.34.